The average Bonchev–Trinajstić information content (AvgIpc) is 2.77. The van der Waals surface area contributed by atoms with Crippen molar-refractivity contribution in [2.24, 2.45) is 5.92 Å². The first-order valence-corrected chi connectivity index (χ1v) is 9.82. The highest BCUT2D eigenvalue weighted by molar-refractivity contribution is 5.82. The minimum Gasteiger partial charge on any atom is -0.497 e. The fraction of sp³-hybridized carbons (Fsp3) is 0.391. The molecule has 0 spiro atoms. The molecule has 1 saturated carbocycles. The molecule has 0 radical (unpaired) electrons. The number of esters is 1. The van der Waals surface area contributed by atoms with Gasteiger partial charge >= 0.3 is 5.97 Å². The zero-order chi connectivity index (χ0) is 19.8. The number of amides is 1. The second-order valence-electron chi connectivity index (χ2n) is 7.13. The van der Waals surface area contributed by atoms with Gasteiger partial charge in [0.05, 0.1) is 19.1 Å². The molecule has 1 fully saturated rings. The third-order valence-corrected chi connectivity index (χ3v) is 5.17. The Morgan fingerprint density at radius 3 is 2.25 bits per heavy atom. The van der Waals surface area contributed by atoms with Crippen molar-refractivity contribution in [2.45, 2.75) is 38.1 Å². The van der Waals surface area contributed by atoms with Gasteiger partial charge in [0.2, 0.25) is 0 Å². The maximum absolute atomic E-state index is 12.5. The third-order valence-electron chi connectivity index (χ3n) is 5.17. The molecule has 5 nitrogen and oxygen atoms in total. The average molecular weight is 381 g/mol. The predicted octanol–water partition coefficient (Wildman–Crippen LogP) is 4.02. The van der Waals surface area contributed by atoms with Crippen LogP contribution in [0.5, 0.6) is 5.75 Å². The maximum atomic E-state index is 12.5. The van der Waals surface area contributed by atoms with Crippen LogP contribution in [0.1, 0.15) is 49.3 Å². The van der Waals surface area contributed by atoms with E-state index in [2.05, 4.69) is 5.32 Å². The van der Waals surface area contributed by atoms with E-state index in [-0.39, 0.29) is 30.4 Å². The standard InChI is InChI=1S/C23H27NO4/c1-27-20-14-12-18(13-15-20)22(17-8-4-2-5-9-17)24-21(25)16-28-23(26)19-10-6-3-7-11-19/h2,4-5,8-9,12-15,19,22H,3,6-7,10-11,16H2,1H3,(H,24,25)/t22-/m0/s1. The molecule has 0 aromatic heterocycles. The smallest absolute Gasteiger partial charge is 0.309 e. The summed E-state index contributed by atoms with van der Waals surface area (Å²) >= 11 is 0. The Kier molecular flexibility index (Phi) is 7.06. The van der Waals surface area contributed by atoms with Crippen molar-refractivity contribution in [2.75, 3.05) is 13.7 Å². The molecule has 2 aromatic rings. The summed E-state index contributed by atoms with van der Waals surface area (Å²) in [6.45, 7) is -0.255. The summed E-state index contributed by atoms with van der Waals surface area (Å²) in [5.74, 6) is 0.126. The van der Waals surface area contributed by atoms with Crippen LogP contribution >= 0.6 is 0 Å². The quantitative estimate of drug-likeness (QED) is 0.736. The molecular formula is C23H27NO4. The summed E-state index contributed by atoms with van der Waals surface area (Å²) in [5.41, 5.74) is 1.89. The van der Waals surface area contributed by atoms with Crippen LogP contribution in [-0.2, 0) is 14.3 Å². The SMILES string of the molecule is COc1ccc([C@@H](NC(=O)COC(=O)C2CCCCC2)c2ccccc2)cc1. The van der Waals surface area contributed by atoms with Crippen molar-refractivity contribution in [1.82, 2.24) is 5.32 Å². The summed E-state index contributed by atoms with van der Waals surface area (Å²) < 4.78 is 10.5. The second kappa shape index (κ2) is 9.93. The molecule has 0 heterocycles. The molecule has 148 valence electrons. The minimum absolute atomic E-state index is 0.0620. The normalized spacial score (nSPS) is 15.5. The van der Waals surface area contributed by atoms with Crippen LogP contribution in [0.15, 0.2) is 54.6 Å². The summed E-state index contributed by atoms with van der Waals surface area (Å²) in [4.78, 5) is 24.7. The number of nitrogens with one attached hydrogen (secondary N) is 1. The topological polar surface area (TPSA) is 64.6 Å². The largest absolute Gasteiger partial charge is 0.497 e. The van der Waals surface area contributed by atoms with Crippen LogP contribution in [0.2, 0.25) is 0 Å². The molecule has 1 aliphatic carbocycles. The number of ether oxygens (including phenoxy) is 2. The maximum Gasteiger partial charge on any atom is 0.309 e. The number of hydrogen-bond donors (Lipinski definition) is 1. The minimum atomic E-state index is -0.326. The number of carbonyl (C=O) groups is 2. The molecule has 0 unspecified atom stereocenters. The fourth-order valence-electron chi connectivity index (χ4n) is 3.60. The number of benzene rings is 2. The zero-order valence-electron chi connectivity index (χ0n) is 16.2. The predicted molar refractivity (Wildman–Crippen MR) is 107 cm³/mol. The Morgan fingerprint density at radius 2 is 1.61 bits per heavy atom. The first kappa shape index (κ1) is 19.9. The molecule has 0 saturated heterocycles. The van der Waals surface area contributed by atoms with Crippen LogP contribution in [0.4, 0.5) is 0 Å². The highest BCUT2D eigenvalue weighted by Gasteiger charge is 2.24. The van der Waals surface area contributed by atoms with Gasteiger partial charge in [-0.25, -0.2) is 0 Å². The molecule has 1 amide bonds. The summed E-state index contributed by atoms with van der Waals surface area (Å²) in [6.07, 6.45) is 5.00. The Hall–Kier alpha value is -2.82. The van der Waals surface area contributed by atoms with Crippen LogP contribution < -0.4 is 10.1 Å². The lowest BCUT2D eigenvalue weighted by Gasteiger charge is -2.22. The van der Waals surface area contributed by atoms with Gasteiger partial charge in [-0.1, -0.05) is 61.7 Å². The molecule has 2 aromatic carbocycles. The van der Waals surface area contributed by atoms with Crippen molar-refractivity contribution >= 4 is 11.9 Å². The van der Waals surface area contributed by atoms with Crippen LogP contribution in [0, 0.1) is 5.92 Å². The Bertz CT molecular complexity index is 767. The summed E-state index contributed by atoms with van der Waals surface area (Å²) in [5, 5.41) is 2.99. The number of hydrogen-bond acceptors (Lipinski definition) is 4. The summed E-state index contributed by atoms with van der Waals surface area (Å²) in [7, 11) is 1.62. The van der Waals surface area contributed by atoms with Gasteiger partial charge in [-0.05, 0) is 36.1 Å². The lowest BCUT2D eigenvalue weighted by atomic mass is 9.89. The molecule has 3 rings (SSSR count). The first-order chi connectivity index (χ1) is 13.7. The van der Waals surface area contributed by atoms with Crippen molar-refractivity contribution in [3.63, 3.8) is 0 Å². The number of rotatable bonds is 7. The van der Waals surface area contributed by atoms with E-state index in [1.54, 1.807) is 7.11 Å². The van der Waals surface area contributed by atoms with Gasteiger partial charge in [-0.2, -0.15) is 0 Å². The van der Waals surface area contributed by atoms with Gasteiger partial charge in [0.25, 0.3) is 5.91 Å². The van der Waals surface area contributed by atoms with Crippen molar-refractivity contribution in [3.8, 4) is 5.75 Å². The molecule has 28 heavy (non-hydrogen) atoms. The monoisotopic (exact) mass is 381 g/mol. The fourth-order valence-corrected chi connectivity index (χ4v) is 3.60. The Balaban J connectivity index is 1.65. The lowest BCUT2D eigenvalue weighted by molar-refractivity contribution is -0.153. The highest BCUT2D eigenvalue weighted by Crippen LogP contribution is 2.25. The number of methoxy groups -OCH3 is 1. The van der Waals surface area contributed by atoms with E-state index in [1.807, 2.05) is 54.6 Å². The molecule has 5 heteroatoms. The molecule has 0 bridgehead atoms. The zero-order valence-corrected chi connectivity index (χ0v) is 16.2. The highest BCUT2D eigenvalue weighted by atomic mass is 16.5. The summed E-state index contributed by atoms with van der Waals surface area (Å²) in [6, 6.07) is 17.0. The van der Waals surface area contributed by atoms with Gasteiger partial charge in [0.1, 0.15) is 5.75 Å². The van der Waals surface area contributed by atoms with E-state index >= 15 is 0 Å². The van der Waals surface area contributed by atoms with E-state index in [0.717, 1.165) is 42.6 Å². The number of carbonyl (C=O) groups excluding carboxylic acids is 2. The second-order valence-corrected chi connectivity index (χ2v) is 7.13. The first-order valence-electron chi connectivity index (χ1n) is 9.82. The van der Waals surface area contributed by atoms with Crippen molar-refractivity contribution in [1.29, 1.82) is 0 Å². The van der Waals surface area contributed by atoms with E-state index in [9.17, 15) is 9.59 Å². The van der Waals surface area contributed by atoms with Crippen LogP contribution in [-0.4, -0.2) is 25.6 Å². The molecule has 0 aliphatic heterocycles. The van der Waals surface area contributed by atoms with E-state index < -0.39 is 0 Å². The van der Waals surface area contributed by atoms with Crippen molar-refractivity contribution in [3.05, 3.63) is 65.7 Å². The van der Waals surface area contributed by atoms with Gasteiger partial charge in [-0.3, -0.25) is 9.59 Å². The van der Waals surface area contributed by atoms with Crippen LogP contribution in [0.3, 0.4) is 0 Å². The van der Waals surface area contributed by atoms with Gasteiger partial charge in [0, 0.05) is 0 Å². The molecular weight excluding hydrogens is 354 g/mol. The molecule has 1 aliphatic rings. The molecule has 1 atom stereocenters. The Morgan fingerprint density at radius 1 is 0.964 bits per heavy atom. The van der Waals surface area contributed by atoms with Crippen molar-refractivity contribution < 1.29 is 19.1 Å². The Labute approximate surface area is 166 Å². The van der Waals surface area contributed by atoms with Gasteiger partial charge in [-0.15, -0.1) is 0 Å². The van der Waals surface area contributed by atoms with E-state index in [0.29, 0.717) is 0 Å². The van der Waals surface area contributed by atoms with Gasteiger partial charge < -0.3 is 14.8 Å². The lowest BCUT2D eigenvalue weighted by Crippen LogP contribution is -2.34. The molecule has 1 N–H and O–H groups in total. The van der Waals surface area contributed by atoms with E-state index in [4.69, 9.17) is 9.47 Å². The van der Waals surface area contributed by atoms with Crippen LogP contribution in [0.25, 0.3) is 0 Å². The van der Waals surface area contributed by atoms with E-state index in [1.165, 1.54) is 6.42 Å². The van der Waals surface area contributed by atoms with Gasteiger partial charge in [0.15, 0.2) is 6.61 Å². The third kappa shape index (κ3) is 5.35.